The van der Waals surface area contributed by atoms with Crippen LogP contribution in [0.25, 0.3) is 0 Å². The molecule has 0 aliphatic carbocycles. The second-order valence-corrected chi connectivity index (χ2v) is 6.53. The number of hydrogen-bond acceptors (Lipinski definition) is 5. The zero-order valence-corrected chi connectivity index (χ0v) is 18.0. The predicted molar refractivity (Wildman–Crippen MR) is 118 cm³/mol. The molecule has 2 aromatic rings. The van der Waals surface area contributed by atoms with Crippen LogP contribution in [-0.4, -0.2) is 36.4 Å². The molecule has 9 heteroatoms. The van der Waals surface area contributed by atoms with Gasteiger partial charge in [-0.2, -0.15) is 0 Å². The fraction of sp³-hybridized carbons (Fsp3) is 0.350. The van der Waals surface area contributed by atoms with Crippen LogP contribution in [0.4, 0.5) is 5.69 Å². The van der Waals surface area contributed by atoms with Crippen LogP contribution in [0.2, 0.25) is 0 Å². The smallest absolute Gasteiger partial charge is 0.269 e. The van der Waals surface area contributed by atoms with Crippen LogP contribution in [0.1, 0.15) is 35.3 Å². The number of nitrogens with zero attached hydrogens (tertiary/aromatic N) is 1. The van der Waals surface area contributed by atoms with E-state index >= 15 is 0 Å². The SMILES string of the molecule is CNC(=O)c1cc(Oc2cc(NC(=O)[C@H]3CCCCN3)ccc2C)ccn1.Cl.Cl. The highest BCUT2D eigenvalue weighted by Gasteiger charge is 2.20. The lowest BCUT2D eigenvalue weighted by atomic mass is 10.0. The lowest BCUT2D eigenvalue weighted by molar-refractivity contribution is -0.118. The molecule has 7 nitrogen and oxygen atoms in total. The van der Waals surface area contributed by atoms with Crippen molar-refractivity contribution in [1.82, 2.24) is 15.6 Å². The quantitative estimate of drug-likeness (QED) is 0.661. The number of pyridine rings is 1. The Labute approximate surface area is 182 Å². The number of halogens is 2. The van der Waals surface area contributed by atoms with E-state index in [4.69, 9.17) is 4.74 Å². The van der Waals surface area contributed by atoms with Crippen LogP contribution in [-0.2, 0) is 4.79 Å². The molecule has 29 heavy (non-hydrogen) atoms. The number of aromatic nitrogens is 1. The third-order valence-electron chi connectivity index (χ3n) is 4.50. The van der Waals surface area contributed by atoms with Crippen LogP contribution >= 0.6 is 24.8 Å². The number of carbonyl (C=O) groups excluding carboxylic acids is 2. The number of hydrogen-bond donors (Lipinski definition) is 3. The molecule has 1 aliphatic heterocycles. The first-order valence-electron chi connectivity index (χ1n) is 9.07. The van der Waals surface area contributed by atoms with E-state index in [9.17, 15) is 9.59 Å². The number of aryl methyl sites for hydroxylation is 1. The van der Waals surface area contributed by atoms with Crippen molar-refractivity contribution in [3.05, 3.63) is 47.8 Å². The summed E-state index contributed by atoms with van der Waals surface area (Å²) < 4.78 is 5.93. The second kappa shape index (κ2) is 11.6. The highest BCUT2D eigenvalue weighted by Crippen LogP contribution is 2.28. The van der Waals surface area contributed by atoms with Gasteiger partial charge >= 0.3 is 0 Å². The third-order valence-corrected chi connectivity index (χ3v) is 4.50. The fourth-order valence-electron chi connectivity index (χ4n) is 2.95. The van der Waals surface area contributed by atoms with Gasteiger partial charge in [-0.15, -0.1) is 24.8 Å². The largest absolute Gasteiger partial charge is 0.457 e. The topological polar surface area (TPSA) is 92.4 Å². The Hall–Kier alpha value is -2.35. The molecule has 1 aliphatic rings. The maximum atomic E-state index is 12.4. The van der Waals surface area contributed by atoms with Crippen molar-refractivity contribution in [3.8, 4) is 11.5 Å². The van der Waals surface area contributed by atoms with Gasteiger partial charge in [-0.25, -0.2) is 0 Å². The first-order chi connectivity index (χ1) is 13.1. The van der Waals surface area contributed by atoms with Crippen molar-refractivity contribution >= 4 is 42.3 Å². The van der Waals surface area contributed by atoms with E-state index in [2.05, 4.69) is 20.9 Å². The van der Waals surface area contributed by atoms with Gasteiger partial charge in [0.15, 0.2) is 0 Å². The Morgan fingerprint density at radius 1 is 1.17 bits per heavy atom. The highest BCUT2D eigenvalue weighted by atomic mass is 35.5. The molecule has 0 bridgehead atoms. The summed E-state index contributed by atoms with van der Waals surface area (Å²) >= 11 is 0. The van der Waals surface area contributed by atoms with Gasteiger partial charge in [0, 0.05) is 31.1 Å². The van der Waals surface area contributed by atoms with Crippen molar-refractivity contribution in [2.24, 2.45) is 0 Å². The molecule has 2 amide bonds. The van der Waals surface area contributed by atoms with Gasteiger partial charge < -0.3 is 20.7 Å². The Kier molecular flexibility index (Phi) is 9.88. The van der Waals surface area contributed by atoms with Crippen LogP contribution in [0, 0.1) is 6.92 Å². The van der Waals surface area contributed by atoms with Crippen molar-refractivity contribution < 1.29 is 14.3 Å². The van der Waals surface area contributed by atoms with Crippen molar-refractivity contribution in [3.63, 3.8) is 0 Å². The van der Waals surface area contributed by atoms with E-state index in [1.54, 1.807) is 25.2 Å². The molecule has 2 heterocycles. The molecule has 0 saturated carbocycles. The number of anilines is 1. The van der Waals surface area contributed by atoms with Crippen LogP contribution in [0.3, 0.4) is 0 Å². The zero-order valence-electron chi connectivity index (χ0n) is 16.4. The number of carbonyl (C=O) groups is 2. The summed E-state index contributed by atoms with van der Waals surface area (Å²) in [7, 11) is 1.55. The third kappa shape index (κ3) is 6.59. The van der Waals surface area contributed by atoms with E-state index in [1.807, 2.05) is 19.1 Å². The summed E-state index contributed by atoms with van der Waals surface area (Å²) in [5.41, 5.74) is 1.87. The molecule has 0 spiro atoms. The van der Waals surface area contributed by atoms with E-state index in [-0.39, 0.29) is 48.4 Å². The molecule has 1 fully saturated rings. The number of piperidine rings is 1. The molecule has 1 aromatic heterocycles. The minimum Gasteiger partial charge on any atom is -0.457 e. The molecule has 1 aromatic carbocycles. The van der Waals surface area contributed by atoms with Gasteiger partial charge in [0.05, 0.1) is 6.04 Å². The lowest BCUT2D eigenvalue weighted by Crippen LogP contribution is -2.43. The van der Waals surface area contributed by atoms with E-state index in [0.29, 0.717) is 17.2 Å². The molecular formula is C20H26Cl2N4O3. The highest BCUT2D eigenvalue weighted by molar-refractivity contribution is 5.95. The number of ether oxygens (including phenoxy) is 1. The Morgan fingerprint density at radius 3 is 2.66 bits per heavy atom. The Balaban J connectivity index is 0.00000210. The maximum absolute atomic E-state index is 12.4. The molecule has 1 saturated heterocycles. The van der Waals surface area contributed by atoms with Gasteiger partial charge in [-0.3, -0.25) is 14.6 Å². The molecule has 158 valence electrons. The summed E-state index contributed by atoms with van der Waals surface area (Å²) in [4.78, 5) is 28.2. The van der Waals surface area contributed by atoms with E-state index < -0.39 is 0 Å². The van der Waals surface area contributed by atoms with E-state index in [1.165, 1.54) is 6.20 Å². The molecule has 1 atom stereocenters. The summed E-state index contributed by atoms with van der Waals surface area (Å²) in [5.74, 6) is 0.802. The van der Waals surface area contributed by atoms with Gasteiger partial charge in [0.25, 0.3) is 5.91 Å². The first-order valence-corrected chi connectivity index (χ1v) is 9.07. The molecular weight excluding hydrogens is 415 g/mol. The van der Waals surface area contributed by atoms with Crippen LogP contribution in [0.15, 0.2) is 36.5 Å². The monoisotopic (exact) mass is 440 g/mol. The minimum atomic E-state index is -0.279. The maximum Gasteiger partial charge on any atom is 0.269 e. The van der Waals surface area contributed by atoms with Crippen molar-refractivity contribution in [1.29, 1.82) is 0 Å². The van der Waals surface area contributed by atoms with E-state index in [0.717, 1.165) is 31.4 Å². The first kappa shape index (κ1) is 24.7. The van der Waals surface area contributed by atoms with Crippen molar-refractivity contribution in [2.75, 3.05) is 18.9 Å². The van der Waals surface area contributed by atoms with Crippen LogP contribution in [0.5, 0.6) is 11.5 Å². The average Bonchev–Trinajstić information content (AvgIpc) is 2.70. The predicted octanol–water partition coefficient (Wildman–Crippen LogP) is 3.47. The Morgan fingerprint density at radius 2 is 1.97 bits per heavy atom. The van der Waals surface area contributed by atoms with Crippen LogP contribution < -0.4 is 20.7 Å². The standard InChI is InChI=1S/C20H24N4O3.2ClH/c1-13-6-7-14(24-20(26)16-5-3-4-9-22-16)11-18(13)27-15-8-10-23-17(12-15)19(25)21-2;;/h6-8,10-12,16,22H,3-5,9H2,1-2H3,(H,21,25)(H,24,26);2*1H/t16-;;/m1../s1. The minimum absolute atomic E-state index is 0. The normalized spacial score (nSPS) is 15.3. The molecule has 3 rings (SSSR count). The molecule has 3 N–H and O–H groups in total. The van der Waals surface area contributed by atoms with Gasteiger partial charge in [0.2, 0.25) is 5.91 Å². The summed E-state index contributed by atoms with van der Waals surface area (Å²) in [6.45, 7) is 2.79. The van der Waals surface area contributed by atoms with Crippen molar-refractivity contribution in [2.45, 2.75) is 32.2 Å². The zero-order chi connectivity index (χ0) is 19.2. The van der Waals surface area contributed by atoms with Gasteiger partial charge in [-0.1, -0.05) is 12.5 Å². The summed E-state index contributed by atoms with van der Waals surface area (Å²) in [5, 5.41) is 8.72. The molecule has 0 unspecified atom stereocenters. The number of nitrogens with one attached hydrogen (secondary N) is 3. The average molecular weight is 441 g/mol. The number of amides is 2. The van der Waals surface area contributed by atoms with Gasteiger partial charge in [0.1, 0.15) is 17.2 Å². The lowest BCUT2D eigenvalue weighted by Gasteiger charge is -2.22. The summed E-state index contributed by atoms with van der Waals surface area (Å²) in [6, 6.07) is 8.64. The molecule has 0 radical (unpaired) electrons. The fourth-order valence-corrected chi connectivity index (χ4v) is 2.95. The summed E-state index contributed by atoms with van der Waals surface area (Å²) in [6.07, 6.45) is 4.54. The van der Waals surface area contributed by atoms with Gasteiger partial charge in [-0.05, 0) is 44.0 Å². The Bertz CT molecular complexity index is 842. The number of benzene rings is 1. The number of rotatable bonds is 5. The second-order valence-electron chi connectivity index (χ2n) is 6.53.